The molecule has 1 heterocycles. The number of nitrogens with zero attached hydrogens (tertiary/aromatic N) is 3. The van der Waals surface area contributed by atoms with Crippen LogP contribution in [0.1, 0.15) is 12.0 Å². The molecule has 0 unspecified atom stereocenters. The Balaban J connectivity index is 1.96. The molecular weight excluding hydrogens is 473 g/mol. The molecule has 2 N–H and O–H groups in total. The van der Waals surface area contributed by atoms with Gasteiger partial charge in [0.25, 0.3) is 0 Å². The van der Waals surface area contributed by atoms with Crippen LogP contribution in [0.3, 0.4) is 0 Å². The first kappa shape index (κ1) is 26.3. The number of hydrogen-bond acceptors (Lipinski definition) is 6. The van der Waals surface area contributed by atoms with E-state index in [2.05, 4.69) is 27.3 Å². The maximum absolute atomic E-state index is 13.6. The average molecular weight is 502 g/mol. The van der Waals surface area contributed by atoms with Crippen LogP contribution in [0.25, 0.3) is 0 Å². The summed E-state index contributed by atoms with van der Waals surface area (Å²) in [5, 5.41) is 5.99. The highest BCUT2D eigenvalue weighted by molar-refractivity contribution is 6.31. The molecule has 0 aromatic heterocycles. The van der Waals surface area contributed by atoms with Gasteiger partial charge in [-0.3, -0.25) is 14.8 Å². The van der Waals surface area contributed by atoms with E-state index in [0.717, 1.165) is 6.42 Å². The van der Waals surface area contributed by atoms with Crippen LogP contribution in [0.4, 0.5) is 21.5 Å². The van der Waals surface area contributed by atoms with Gasteiger partial charge in [0, 0.05) is 43.4 Å². The highest BCUT2D eigenvalue weighted by atomic mass is 35.5. The fourth-order valence-electron chi connectivity index (χ4n) is 3.37. The van der Waals surface area contributed by atoms with Crippen molar-refractivity contribution < 1.29 is 18.7 Å². The van der Waals surface area contributed by atoms with Crippen molar-refractivity contribution in [3.05, 3.63) is 58.9 Å². The van der Waals surface area contributed by atoms with E-state index in [0.29, 0.717) is 54.0 Å². The van der Waals surface area contributed by atoms with Gasteiger partial charge in [-0.25, -0.2) is 4.39 Å². The molecule has 2 aromatic carbocycles. The molecule has 3 rings (SSSR count). The molecule has 1 aliphatic heterocycles. The number of amidine groups is 1. The Morgan fingerprint density at radius 3 is 2.77 bits per heavy atom. The summed E-state index contributed by atoms with van der Waals surface area (Å²) in [7, 11) is 5.43. The maximum Gasteiger partial charge on any atom is 0.248 e. The monoisotopic (exact) mass is 501 g/mol. The topological polar surface area (TPSA) is 87.6 Å². The number of carbonyl (C=O) groups excluding carboxylic acids is 1. The summed E-state index contributed by atoms with van der Waals surface area (Å²) < 4.78 is 25.1. The Morgan fingerprint density at radius 1 is 1.34 bits per heavy atom. The Bertz CT molecular complexity index is 1130. The third kappa shape index (κ3) is 7.35. The Kier molecular flexibility index (Phi) is 9.36. The Hall–Kier alpha value is -3.27. The molecule has 186 valence electrons. The van der Waals surface area contributed by atoms with Gasteiger partial charge in [-0.15, -0.1) is 0 Å². The van der Waals surface area contributed by atoms with Gasteiger partial charge in [0.2, 0.25) is 5.91 Å². The average Bonchev–Trinajstić information content (AvgIpc) is 3.33. The first-order chi connectivity index (χ1) is 16.8. The summed E-state index contributed by atoms with van der Waals surface area (Å²) in [6, 6.07) is 7.68. The molecule has 10 heteroatoms. The summed E-state index contributed by atoms with van der Waals surface area (Å²) in [5.74, 6) is 0.0361. The minimum Gasteiger partial charge on any atom is -0.486 e. The van der Waals surface area contributed by atoms with Crippen molar-refractivity contribution in [2.75, 3.05) is 51.5 Å². The number of halogens is 2. The van der Waals surface area contributed by atoms with Gasteiger partial charge in [0.1, 0.15) is 23.5 Å². The molecule has 1 aliphatic rings. The van der Waals surface area contributed by atoms with Crippen molar-refractivity contribution in [1.29, 1.82) is 0 Å². The van der Waals surface area contributed by atoms with Gasteiger partial charge in [-0.1, -0.05) is 17.7 Å². The van der Waals surface area contributed by atoms with Crippen LogP contribution >= 0.6 is 11.6 Å². The van der Waals surface area contributed by atoms with Crippen molar-refractivity contribution in [3.63, 3.8) is 0 Å². The zero-order chi connectivity index (χ0) is 25.4. The maximum atomic E-state index is 13.6. The van der Waals surface area contributed by atoms with E-state index in [-0.39, 0.29) is 17.0 Å². The number of nitrogens with one attached hydrogen (secondary N) is 2. The van der Waals surface area contributed by atoms with Crippen LogP contribution in [-0.2, 0) is 9.53 Å². The number of likely N-dealkylation sites (N-methyl/N-ethyl adjacent to an activating group) is 1. The largest absolute Gasteiger partial charge is 0.486 e. The standard InChI is InChI=1S/C25H29ClFN5O3/c1-28-21-14-23(35-17-9-11-34-15-17)22(31-24(33)6-5-10-32(3)4)13-18(21)25(29-2)30-16-7-8-20(27)19(26)12-16/h5-8,12-14,17H,1,9-11,15H2,2-4H3,(H,29,30)(H,31,33)/b6-5+/t17-/m0/s1. The molecule has 8 nitrogen and oxygen atoms in total. The van der Waals surface area contributed by atoms with Crippen LogP contribution in [-0.4, -0.2) is 70.4 Å². The zero-order valence-corrected chi connectivity index (χ0v) is 20.7. The third-order valence-corrected chi connectivity index (χ3v) is 5.40. The van der Waals surface area contributed by atoms with Crippen LogP contribution in [0.15, 0.2) is 52.5 Å². The van der Waals surface area contributed by atoms with Crippen LogP contribution in [0.2, 0.25) is 5.02 Å². The highest BCUT2D eigenvalue weighted by Gasteiger charge is 2.22. The molecule has 1 atom stereocenters. The zero-order valence-electron chi connectivity index (χ0n) is 20.0. The van der Waals surface area contributed by atoms with E-state index in [9.17, 15) is 9.18 Å². The first-order valence-electron chi connectivity index (χ1n) is 11.0. The molecule has 0 bridgehead atoms. The van der Waals surface area contributed by atoms with E-state index in [4.69, 9.17) is 21.1 Å². The number of aliphatic imine (C=N–C) groups is 2. The number of carbonyl (C=O) groups is 1. The summed E-state index contributed by atoms with van der Waals surface area (Å²) in [6.07, 6.45) is 3.83. The fraction of sp³-hybridized carbons (Fsp3) is 0.320. The van der Waals surface area contributed by atoms with Crippen molar-refractivity contribution in [2.45, 2.75) is 12.5 Å². The van der Waals surface area contributed by atoms with Crippen molar-refractivity contribution in [3.8, 4) is 5.75 Å². The molecule has 0 radical (unpaired) electrons. The number of anilines is 2. The molecule has 35 heavy (non-hydrogen) atoms. The Morgan fingerprint density at radius 2 is 2.14 bits per heavy atom. The lowest BCUT2D eigenvalue weighted by Gasteiger charge is -2.19. The van der Waals surface area contributed by atoms with Crippen molar-refractivity contribution >= 4 is 47.1 Å². The Labute approximate surface area is 209 Å². The quantitative estimate of drug-likeness (QED) is 0.299. The normalized spacial score (nSPS) is 16.1. The molecule has 1 amide bonds. The predicted molar refractivity (Wildman–Crippen MR) is 139 cm³/mol. The number of ether oxygens (including phenoxy) is 2. The van der Waals surface area contributed by atoms with E-state index in [1.807, 2.05) is 19.0 Å². The smallest absolute Gasteiger partial charge is 0.248 e. The van der Waals surface area contributed by atoms with Gasteiger partial charge in [-0.2, -0.15) is 0 Å². The summed E-state index contributed by atoms with van der Waals surface area (Å²) in [5.41, 5.74) is 2.03. The van der Waals surface area contributed by atoms with Gasteiger partial charge < -0.3 is 25.0 Å². The minimum absolute atomic E-state index is 0.0208. The lowest BCUT2D eigenvalue weighted by molar-refractivity contribution is -0.111. The number of hydrogen-bond donors (Lipinski definition) is 2. The third-order valence-electron chi connectivity index (χ3n) is 5.11. The number of amides is 1. The van der Waals surface area contributed by atoms with Gasteiger partial charge in [0.15, 0.2) is 0 Å². The van der Waals surface area contributed by atoms with E-state index >= 15 is 0 Å². The number of rotatable bonds is 9. The second-order valence-electron chi connectivity index (χ2n) is 8.11. The second-order valence-corrected chi connectivity index (χ2v) is 8.51. The molecule has 0 saturated carbocycles. The van der Waals surface area contributed by atoms with Crippen LogP contribution in [0.5, 0.6) is 5.75 Å². The van der Waals surface area contributed by atoms with E-state index in [1.54, 1.807) is 31.3 Å². The number of benzene rings is 2. The lowest BCUT2D eigenvalue weighted by atomic mass is 10.1. The highest BCUT2D eigenvalue weighted by Crippen LogP contribution is 2.35. The second kappa shape index (κ2) is 12.4. The van der Waals surface area contributed by atoms with E-state index in [1.165, 1.54) is 18.2 Å². The van der Waals surface area contributed by atoms with Gasteiger partial charge in [0.05, 0.1) is 29.6 Å². The lowest BCUT2D eigenvalue weighted by Crippen LogP contribution is -2.19. The van der Waals surface area contributed by atoms with E-state index < -0.39 is 5.82 Å². The van der Waals surface area contributed by atoms with Crippen LogP contribution in [0, 0.1) is 5.82 Å². The molecule has 1 saturated heterocycles. The summed E-state index contributed by atoms with van der Waals surface area (Å²) in [6.45, 7) is 5.37. The first-order valence-corrected chi connectivity index (χ1v) is 11.4. The minimum atomic E-state index is -0.523. The molecule has 0 spiro atoms. The van der Waals surface area contributed by atoms with Crippen molar-refractivity contribution in [1.82, 2.24) is 4.90 Å². The van der Waals surface area contributed by atoms with Gasteiger partial charge in [-0.05, 0) is 45.1 Å². The van der Waals surface area contributed by atoms with Crippen molar-refractivity contribution in [2.24, 2.45) is 9.98 Å². The molecular formula is C25H29ClFN5O3. The summed E-state index contributed by atoms with van der Waals surface area (Å²) >= 11 is 5.92. The summed E-state index contributed by atoms with van der Waals surface area (Å²) in [4.78, 5) is 23.0. The fourth-order valence-corrected chi connectivity index (χ4v) is 3.55. The van der Waals surface area contributed by atoms with Crippen LogP contribution < -0.4 is 15.4 Å². The molecule has 0 aliphatic carbocycles. The molecule has 2 aromatic rings. The SMILES string of the molecule is C=Nc1cc(O[C@H]2CCOC2)c(NC(=O)/C=C/CN(C)C)cc1/C(=N\C)Nc1ccc(F)c(Cl)c1. The van der Waals surface area contributed by atoms with Gasteiger partial charge >= 0.3 is 0 Å². The predicted octanol–water partition coefficient (Wildman–Crippen LogP) is 4.52. The molecule has 1 fully saturated rings.